The number of allylic oxidation sites excluding steroid dienone is 6. The second-order valence-corrected chi connectivity index (χ2v) is 14.9. The number of nitrogens with zero attached hydrogens (tertiary/aromatic N) is 1. The van der Waals surface area contributed by atoms with Crippen LogP contribution in [0.15, 0.2) is 212 Å². The topological polar surface area (TPSA) is 40.2 Å². The molecule has 2 heterocycles. The van der Waals surface area contributed by atoms with Gasteiger partial charge >= 0.3 is 0 Å². The summed E-state index contributed by atoms with van der Waals surface area (Å²) in [4.78, 5) is 2.20. The van der Waals surface area contributed by atoms with Crippen LogP contribution in [0.3, 0.4) is 0 Å². The second kappa shape index (κ2) is 15.1. The highest BCUT2D eigenvalue weighted by Crippen LogP contribution is 2.52. The molecule has 0 fully saturated rings. The van der Waals surface area contributed by atoms with Crippen molar-refractivity contribution in [2.45, 2.75) is 6.42 Å². The van der Waals surface area contributed by atoms with Crippen molar-refractivity contribution in [2.75, 3.05) is 4.90 Å². The number of hydrogen-bond acceptors (Lipinski definition) is 5. The van der Waals surface area contributed by atoms with Crippen molar-refractivity contribution in [3.05, 3.63) is 218 Å². The van der Waals surface area contributed by atoms with Crippen molar-refractivity contribution in [1.29, 1.82) is 0 Å². The van der Waals surface area contributed by atoms with Crippen molar-refractivity contribution >= 4 is 22.6 Å². The van der Waals surface area contributed by atoms with E-state index in [2.05, 4.69) is 144 Å². The molecule has 0 N–H and O–H groups in total. The Morgan fingerprint density at radius 1 is 0.317 bits per heavy atom. The summed E-state index contributed by atoms with van der Waals surface area (Å²) in [5.74, 6) is 5.26. The average Bonchev–Trinajstić information content (AvgIpc) is 3.61. The van der Waals surface area contributed by atoms with Gasteiger partial charge in [-0.1, -0.05) is 140 Å². The first-order valence-electron chi connectivity index (χ1n) is 20.1. The fraction of sp³-hybridized carbons (Fsp3) is 0.0182. The minimum Gasteiger partial charge on any atom is -0.449 e. The summed E-state index contributed by atoms with van der Waals surface area (Å²) >= 11 is 0. The van der Waals surface area contributed by atoms with Crippen LogP contribution in [0, 0.1) is 0 Å². The van der Waals surface area contributed by atoms with Crippen LogP contribution in [0.25, 0.3) is 39.0 Å². The van der Waals surface area contributed by atoms with Crippen LogP contribution < -0.4 is 23.8 Å². The third kappa shape index (κ3) is 6.78. The molecule has 1 aliphatic carbocycles. The van der Waals surface area contributed by atoms with E-state index < -0.39 is 0 Å². The van der Waals surface area contributed by atoms with Gasteiger partial charge in [0.05, 0.1) is 11.4 Å². The first-order valence-corrected chi connectivity index (χ1v) is 20.1. The Kier molecular flexibility index (Phi) is 8.82. The first-order chi connectivity index (χ1) is 29.7. The van der Waals surface area contributed by atoms with E-state index in [1.165, 1.54) is 11.1 Å². The van der Waals surface area contributed by atoms with Gasteiger partial charge < -0.3 is 23.8 Å². The molecule has 5 heteroatoms. The number of rotatable bonds is 7. The summed E-state index contributed by atoms with van der Waals surface area (Å²) in [6, 6.07) is 62.4. The van der Waals surface area contributed by atoms with Crippen LogP contribution in [-0.4, -0.2) is 0 Å². The smallest absolute Gasteiger partial charge is 0.172 e. The zero-order valence-electron chi connectivity index (χ0n) is 32.5. The lowest BCUT2D eigenvalue weighted by atomic mass is 10.00. The molecule has 0 spiro atoms. The Morgan fingerprint density at radius 2 is 0.717 bits per heavy atom. The molecule has 0 saturated heterocycles. The van der Waals surface area contributed by atoms with Crippen molar-refractivity contribution < 1.29 is 18.9 Å². The van der Waals surface area contributed by atoms with E-state index >= 15 is 0 Å². The van der Waals surface area contributed by atoms with E-state index in [0.29, 0.717) is 46.0 Å². The normalized spacial score (nSPS) is 13.1. The van der Waals surface area contributed by atoms with Gasteiger partial charge in [0.15, 0.2) is 46.0 Å². The molecule has 8 aromatic carbocycles. The lowest BCUT2D eigenvalue weighted by Crippen LogP contribution is -2.11. The molecule has 0 saturated carbocycles. The van der Waals surface area contributed by atoms with E-state index in [1.807, 2.05) is 72.8 Å². The molecule has 0 atom stereocenters. The highest BCUT2D eigenvalue weighted by atomic mass is 16.6. The zero-order chi connectivity index (χ0) is 39.8. The van der Waals surface area contributed by atoms with Gasteiger partial charge in [-0.25, -0.2) is 0 Å². The molecular weight excluding hydrogens is 739 g/mol. The Hall–Kier alpha value is -8.02. The van der Waals surface area contributed by atoms with Crippen LogP contribution in [0.4, 0.5) is 17.1 Å². The number of ether oxygens (including phenoxy) is 4. The monoisotopic (exact) mass is 775 g/mol. The van der Waals surface area contributed by atoms with Crippen molar-refractivity contribution in [1.82, 2.24) is 0 Å². The molecule has 0 aromatic heterocycles. The molecule has 286 valence electrons. The summed E-state index contributed by atoms with van der Waals surface area (Å²) in [6.07, 6.45) is 11.5. The Morgan fingerprint density at radius 3 is 1.27 bits per heavy atom. The van der Waals surface area contributed by atoms with Gasteiger partial charge in [-0.05, 0) is 112 Å². The number of fused-ring (bicyclic) bond motifs is 4. The fourth-order valence-corrected chi connectivity index (χ4v) is 7.94. The van der Waals surface area contributed by atoms with Gasteiger partial charge in [-0.3, -0.25) is 0 Å². The molecule has 2 aliphatic heterocycles. The van der Waals surface area contributed by atoms with E-state index in [1.54, 1.807) is 0 Å². The SMILES string of the molecule is C1=CCC=C(c2ccc3c(c2)Oc2ccc(N(c4ccc(-c5ccc(-c6ccccc6)cc5)cc4)c4ccc5c(c4)Oc4ccc(-c6ccccc6)cc4O5)cc2O3)C=C1. The summed E-state index contributed by atoms with van der Waals surface area (Å²) < 4.78 is 26.0. The molecule has 0 radical (unpaired) electrons. The number of anilines is 3. The Balaban J connectivity index is 0.930. The highest BCUT2D eigenvalue weighted by Gasteiger charge is 2.25. The van der Waals surface area contributed by atoms with Crippen LogP contribution in [0.1, 0.15) is 12.0 Å². The summed E-state index contributed by atoms with van der Waals surface area (Å²) in [7, 11) is 0. The molecular formula is C55H37NO4. The molecule has 8 aromatic rings. The van der Waals surface area contributed by atoms with E-state index in [4.69, 9.17) is 18.9 Å². The minimum atomic E-state index is 0.629. The summed E-state index contributed by atoms with van der Waals surface area (Å²) in [6.45, 7) is 0. The maximum atomic E-state index is 6.55. The van der Waals surface area contributed by atoms with Crippen LogP contribution in [-0.2, 0) is 0 Å². The molecule has 0 bridgehead atoms. The Bertz CT molecular complexity index is 2990. The third-order valence-corrected chi connectivity index (χ3v) is 11.0. The van der Waals surface area contributed by atoms with E-state index in [-0.39, 0.29) is 0 Å². The van der Waals surface area contributed by atoms with Crippen LogP contribution in [0.2, 0.25) is 0 Å². The van der Waals surface area contributed by atoms with Crippen molar-refractivity contribution in [2.24, 2.45) is 0 Å². The summed E-state index contributed by atoms with van der Waals surface area (Å²) in [5, 5.41) is 0. The van der Waals surface area contributed by atoms with Gasteiger partial charge in [0.1, 0.15) is 0 Å². The predicted molar refractivity (Wildman–Crippen MR) is 241 cm³/mol. The first kappa shape index (κ1) is 35.2. The Labute approximate surface area is 349 Å². The summed E-state index contributed by atoms with van der Waals surface area (Å²) in [5.41, 5.74) is 11.8. The molecule has 0 unspecified atom stereocenters. The van der Waals surface area contributed by atoms with Gasteiger partial charge in [-0.15, -0.1) is 0 Å². The minimum absolute atomic E-state index is 0.629. The third-order valence-electron chi connectivity index (χ3n) is 11.0. The quantitative estimate of drug-likeness (QED) is 0.161. The molecule has 11 rings (SSSR count). The molecule has 0 amide bonds. The molecule has 60 heavy (non-hydrogen) atoms. The van der Waals surface area contributed by atoms with Crippen LogP contribution in [0.5, 0.6) is 46.0 Å². The van der Waals surface area contributed by atoms with Gasteiger partial charge in [0.25, 0.3) is 0 Å². The maximum Gasteiger partial charge on any atom is 0.172 e. The number of hydrogen-bond donors (Lipinski definition) is 0. The maximum absolute atomic E-state index is 6.55. The van der Waals surface area contributed by atoms with E-state index in [9.17, 15) is 0 Å². The van der Waals surface area contributed by atoms with Crippen molar-refractivity contribution in [3.63, 3.8) is 0 Å². The standard InChI is InChI=1S/C55H37NO4/c1-2-6-14-38(13-5-1)43-23-29-48-52(33-43)57-50-31-27-46(35-54(50)59-48)56(45-25-21-42(22-26-45)41-19-17-40(18-20-41)37-11-7-3-8-12-37)47-28-32-51-55(36-47)60-49-30-24-44(34-53(49)58-51)39-15-9-4-10-16-39/h1-5,7-36H,6H2. The van der Waals surface area contributed by atoms with Crippen LogP contribution >= 0.6 is 0 Å². The van der Waals surface area contributed by atoms with Crippen molar-refractivity contribution in [3.8, 4) is 79.4 Å². The lowest BCUT2D eigenvalue weighted by Gasteiger charge is -2.29. The predicted octanol–water partition coefficient (Wildman–Crippen LogP) is 15.9. The zero-order valence-corrected chi connectivity index (χ0v) is 32.5. The average molecular weight is 776 g/mol. The van der Waals surface area contributed by atoms with Gasteiger partial charge in [0.2, 0.25) is 0 Å². The lowest BCUT2D eigenvalue weighted by molar-refractivity contribution is 0.359. The fourth-order valence-electron chi connectivity index (χ4n) is 7.94. The van der Waals surface area contributed by atoms with E-state index in [0.717, 1.165) is 56.9 Å². The van der Waals surface area contributed by atoms with Gasteiger partial charge in [0, 0.05) is 17.8 Å². The molecule has 5 nitrogen and oxygen atoms in total. The van der Waals surface area contributed by atoms with Gasteiger partial charge in [-0.2, -0.15) is 0 Å². The second-order valence-electron chi connectivity index (χ2n) is 14.9. The largest absolute Gasteiger partial charge is 0.449 e. The molecule has 3 aliphatic rings. The highest BCUT2D eigenvalue weighted by molar-refractivity contribution is 5.82. The number of benzene rings is 8.